The predicted octanol–water partition coefficient (Wildman–Crippen LogP) is 2.53. The lowest BCUT2D eigenvalue weighted by Gasteiger charge is -2.34. The fourth-order valence-corrected chi connectivity index (χ4v) is 3.90. The van der Waals surface area contributed by atoms with Crippen LogP contribution < -0.4 is 15.8 Å². The minimum Gasteiger partial charge on any atom is -0.455 e. The topological polar surface area (TPSA) is 84.6 Å². The Morgan fingerprint density at radius 3 is 2.62 bits per heavy atom. The summed E-state index contributed by atoms with van der Waals surface area (Å²) in [6.07, 6.45) is -4.57. The van der Waals surface area contributed by atoms with Crippen LogP contribution in [0.5, 0.6) is 5.75 Å². The standard InChI is InChI=1S/C18H15F3N2O3/c1-2-23-16-10-7-6-9(18(19,20)21)8-13(10)26-17(16,25)11-4-3-5-12(22)14(11)15(16)24/h3-8,23,25H,2,22H2,1H3. The van der Waals surface area contributed by atoms with E-state index in [9.17, 15) is 23.1 Å². The molecule has 0 fully saturated rings. The van der Waals surface area contributed by atoms with Crippen molar-refractivity contribution in [3.05, 3.63) is 58.7 Å². The van der Waals surface area contributed by atoms with Gasteiger partial charge in [0.15, 0.2) is 11.3 Å². The van der Waals surface area contributed by atoms with Crippen molar-refractivity contribution >= 4 is 11.5 Å². The number of rotatable bonds is 2. The largest absolute Gasteiger partial charge is 0.455 e. The van der Waals surface area contributed by atoms with Gasteiger partial charge in [0.05, 0.1) is 11.1 Å². The average Bonchev–Trinajstić information content (AvgIpc) is 2.92. The summed E-state index contributed by atoms with van der Waals surface area (Å²) in [5.41, 5.74) is 3.81. The SMILES string of the molecule is CCNC12C(=O)c3c(N)cccc3C1(O)Oc1cc(C(F)(F)F)ccc12. The number of likely N-dealkylation sites (N-methyl/N-ethyl adjacent to an activating group) is 1. The third-order valence-corrected chi connectivity index (χ3v) is 4.95. The maximum atomic E-state index is 13.3. The molecule has 0 amide bonds. The highest BCUT2D eigenvalue weighted by atomic mass is 19.4. The highest BCUT2D eigenvalue weighted by Crippen LogP contribution is 2.59. The summed E-state index contributed by atoms with van der Waals surface area (Å²) < 4.78 is 44.7. The Kier molecular flexibility index (Phi) is 3.23. The van der Waals surface area contributed by atoms with E-state index in [-0.39, 0.29) is 34.7 Å². The average molecular weight is 364 g/mol. The normalized spacial score (nSPS) is 26.3. The summed E-state index contributed by atoms with van der Waals surface area (Å²) >= 11 is 0. The molecule has 1 aliphatic carbocycles. The summed E-state index contributed by atoms with van der Waals surface area (Å²) in [6.45, 7) is 1.99. The molecule has 2 aromatic carbocycles. The molecule has 2 aliphatic rings. The van der Waals surface area contributed by atoms with E-state index < -0.39 is 28.8 Å². The number of nitrogen functional groups attached to an aromatic ring is 1. The first-order valence-corrected chi connectivity index (χ1v) is 7.98. The highest BCUT2D eigenvalue weighted by Gasteiger charge is 2.71. The lowest BCUT2D eigenvalue weighted by Crippen LogP contribution is -2.58. The molecule has 4 N–H and O–H groups in total. The van der Waals surface area contributed by atoms with Gasteiger partial charge in [-0.25, -0.2) is 0 Å². The number of anilines is 1. The van der Waals surface area contributed by atoms with Crippen molar-refractivity contribution in [2.24, 2.45) is 0 Å². The maximum Gasteiger partial charge on any atom is 0.416 e. The zero-order chi connectivity index (χ0) is 18.9. The second kappa shape index (κ2) is 4.99. The first kappa shape index (κ1) is 16.9. The molecular formula is C18H15F3N2O3. The zero-order valence-electron chi connectivity index (χ0n) is 13.6. The Morgan fingerprint density at radius 1 is 1.23 bits per heavy atom. The lowest BCUT2D eigenvalue weighted by molar-refractivity contribution is -0.171. The number of fused-ring (bicyclic) bond motifs is 5. The molecule has 5 nitrogen and oxygen atoms in total. The van der Waals surface area contributed by atoms with Gasteiger partial charge in [0.25, 0.3) is 5.79 Å². The highest BCUT2D eigenvalue weighted by molar-refractivity contribution is 6.13. The van der Waals surface area contributed by atoms with Crippen LogP contribution in [0.1, 0.15) is 34.0 Å². The van der Waals surface area contributed by atoms with Gasteiger partial charge in [-0.2, -0.15) is 13.2 Å². The number of nitrogens with one attached hydrogen (secondary N) is 1. The van der Waals surface area contributed by atoms with Crippen molar-refractivity contribution in [1.29, 1.82) is 0 Å². The van der Waals surface area contributed by atoms with Crippen molar-refractivity contribution in [3.63, 3.8) is 0 Å². The van der Waals surface area contributed by atoms with Crippen molar-refractivity contribution < 1.29 is 27.8 Å². The van der Waals surface area contributed by atoms with Crippen LogP contribution in [0.2, 0.25) is 0 Å². The number of ether oxygens (including phenoxy) is 1. The Bertz CT molecular complexity index is 944. The van der Waals surface area contributed by atoms with E-state index >= 15 is 0 Å². The molecule has 2 aromatic rings. The molecule has 1 aliphatic heterocycles. The van der Waals surface area contributed by atoms with Gasteiger partial charge in [-0.15, -0.1) is 0 Å². The molecule has 136 valence electrons. The summed E-state index contributed by atoms with van der Waals surface area (Å²) in [6, 6.07) is 7.39. The predicted molar refractivity (Wildman–Crippen MR) is 86.5 cm³/mol. The molecule has 0 aromatic heterocycles. The van der Waals surface area contributed by atoms with Crippen molar-refractivity contribution in [2.75, 3.05) is 12.3 Å². The molecule has 0 radical (unpaired) electrons. The first-order valence-electron chi connectivity index (χ1n) is 7.98. The minimum absolute atomic E-state index is 0.112. The second-order valence-electron chi connectivity index (χ2n) is 6.33. The van der Waals surface area contributed by atoms with Crippen molar-refractivity contribution in [1.82, 2.24) is 5.32 Å². The molecule has 8 heteroatoms. The van der Waals surface area contributed by atoms with Crippen LogP contribution in [0.3, 0.4) is 0 Å². The number of alkyl halides is 3. The molecule has 0 bridgehead atoms. The zero-order valence-corrected chi connectivity index (χ0v) is 13.6. The molecule has 0 saturated carbocycles. The fourth-order valence-electron chi connectivity index (χ4n) is 3.90. The number of hydrogen-bond acceptors (Lipinski definition) is 5. The maximum absolute atomic E-state index is 13.3. The number of hydrogen-bond donors (Lipinski definition) is 3. The van der Waals surface area contributed by atoms with E-state index in [1.807, 2.05) is 0 Å². The molecule has 1 heterocycles. The fraction of sp³-hybridized carbons (Fsp3) is 0.278. The number of ketones is 1. The number of Topliss-reactive ketones (excluding diaryl/α,β-unsaturated/α-hetero) is 1. The van der Waals surface area contributed by atoms with Crippen molar-refractivity contribution in [2.45, 2.75) is 24.4 Å². The van der Waals surface area contributed by atoms with E-state index in [0.717, 1.165) is 12.1 Å². The van der Waals surface area contributed by atoms with Crippen molar-refractivity contribution in [3.8, 4) is 5.75 Å². The van der Waals surface area contributed by atoms with Crippen LogP contribution in [-0.2, 0) is 17.5 Å². The molecule has 2 atom stereocenters. The smallest absolute Gasteiger partial charge is 0.416 e. The monoisotopic (exact) mass is 364 g/mol. The molecular weight excluding hydrogens is 349 g/mol. The van der Waals surface area contributed by atoms with E-state index in [2.05, 4.69) is 5.32 Å². The third kappa shape index (κ3) is 1.80. The molecule has 26 heavy (non-hydrogen) atoms. The Labute approximate surface area is 146 Å². The van der Waals surface area contributed by atoms with Gasteiger partial charge in [-0.3, -0.25) is 10.1 Å². The van der Waals surface area contributed by atoms with Gasteiger partial charge in [0.2, 0.25) is 0 Å². The number of halogens is 3. The summed E-state index contributed by atoms with van der Waals surface area (Å²) in [7, 11) is 0. The van der Waals surface area contributed by atoms with Gasteiger partial charge in [-0.1, -0.05) is 25.1 Å². The molecule has 0 saturated heterocycles. The lowest BCUT2D eigenvalue weighted by atomic mass is 9.82. The number of benzene rings is 2. The van der Waals surface area contributed by atoms with Gasteiger partial charge in [0, 0.05) is 16.8 Å². The minimum atomic E-state index is -4.57. The van der Waals surface area contributed by atoms with E-state index in [1.165, 1.54) is 18.2 Å². The number of carbonyl (C=O) groups excluding carboxylic acids is 1. The van der Waals surface area contributed by atoms with Gasteiger partial charge >= 0.3 is 6.18 Å². The van der Waals surface area contributed by atoms with E-state index in [0.29, 0.717) is 0 Å². The Hall–Kier alpha value is -2.58. The Balaban J connectivity index is 2.00. The third-order valence-electron chi connectivity index (χ3n) is 4.95. The molecule has 4 rings (SSSR count). The van der Waals surface area contributed by atoms with Gasteiger partial charge in [-0.05, 0) is 24.7 Å². The van der Waals surface area contributed by atoms with Crippen LogP contribution in [0.4, 0.5) is 18.9 Å². The summed E-state index contributed by atoms with van der Waals surface area (Å²) in [5.74, 6) is -2.91. The van der Waals surface area contributed by atoms with Crippen LogP contribution in [0.25, 0.3) is 0 Å². The van der Waals surface area contributed by atoms with Gasteiger partial charge < -0.3 is 15.6 Å². The number of aliphatic hydroxyl groups is 1. The van der Waals surface area contributed by atoms with E-state index in [1.54, 1.807) is 13.0 Å². The number of nitrogens with two attached hydrogens (primary N) is 1. The van der Waals surface area contributed by atoms with Crippen LogP contribution in [0, 0.1) is 0 Å². The number of carbonyl (C=O) groups is 1. The van der Waals surface area contributed by atoms with Crippen LogP contribution >= 0.6 is 0 Å². The first-order chi connectivity index (χ1) is 12.2. The summed E-state index contributed by atoms with van der Waals surface area (Å²) in [4.78, 5) is 13.3. The molecule has 2 unspecified atom stereocenters. The molecule has 0 spiro atoms. The van der Waals surface area contributed by atoms with Crippen LogP contribution in [0.15, 0.2) is 36.4 Å². The second-order valence-corrected chi connectivity index (χ2v) is 6.33. The Morgan fingerprint density at radius 2 is 1.96 bits per heavy atom. The van der Waals surface area contributed by atoms with E-state index in [4.69, 9.17) is 10.5 Å². The summed E-state index contributed by atoms with van der Waals surface area (Å²) in [5, 5.41) is 14.3. The van der Waals surface area contributed by atoms with Crippen LogP contribution in [-0.4, -0.2) is 17.4 Å². The quantitative estimate of drug-likeness (QED) is 0.713. The van der Waals surface area contributed by atoms with Gasteiger partial charge in [0.1, 0.15) is 5.75 Å².